The van der Waals surface area contributed by atoms with E-state index in [9.17, 15) is 4.39 Å². The van der Waals surface area contributed by atoms with Gasteiger partial charge in [-0.25, -0.2) is 9.37 Å². The zero-order valence-corrected chi connectivity index (χ0v) is 11.8. The van der Waals surface area contributed by atoms with Crippen LogP contribution in [0.15, 0.2) is 33.8 Å². The maximum absolute atomic E-state index is 14.0. The number of hydrogen-bond acceptors (Lipinski definition) is 5. The van der Waals surface area contributed by atoms with Gasteiger partial charge >= 0.3 is 0 Å². The molecule has 1 atom stereocenters. The van der Waals surface area contributed by atoms with Crippen LogP contribution in [0.1, 0.15) is 25.5 Å². The number of nitrogens with one attached hydrogen (secondary N) is 1. The van der Waals surface area contributed by atoms with Gasteiger partial charge in [0.1, 0.15) is 12.1 Å². The fraction of sp³-hybridized carbons (Fsp3) is 0.333. The lowest BCUT2D eigenvalue weighted by molar-refractivity contribution is 0.572. The Kier molecular flexibility index (Phi) is 4.68. The molecule has 1 aromatic carbocycles. The monoisotopic (exact) mass is 283 g/mol. The van der Waals surface area contributed by atoms with Gasteiger partial charge in [-0.15, -0.1) is 0 Å². The summed E-state index contributed by atoms with van der Waals surface area (Å²) in [5.41, 5.74) is 0.955. The van der Waals surface area contributed by atoms with Gasteiger partial charge in [0.2, 0.25) is 0 Å². The Hall–Kier alpha value is -0.980. The van der Waals surface area contributed by atoms with E-state index in [1.54, 1.807) is 12.1 Å². The molecule has 0 spiro atoms. The van der Waals surface area contributed by atoms with Crippen molar-refractivity contribution >= 4 is 23.3 Å². The van der Waals surface area contributed by atoms with Gasteiger partial charge in [-0.05, 0) is 42.7 Å². The number of hydrogen-bond donors (Lipinski definition) is 1. The minimum absolute atomic E-state index is 0.157. The van der Waals surface area contributed by atoms with Gasteiger partial charge in [-0.2, -0.15) is 4.37 Å². The van der Waals surface area contributed by atoms with E-state index in [4.69, 9.17) is 0 Å². The van der Waals surface area contributed by atoms with Gasteiger partial charge in [0.05, 0.1) is 4.90 Å². The van der Waals surface area contributed by atoms with E-state index in [0.29, 0.717) is 4.90 Å². The summed E-state index contributed by atoms with van der Waals surface area (Å²) >= 11 is 2.57. The highest BCUT2D eigenvalue weighted by molar-refractivity contribution is 8.01. The molecule has 96 valence electrons. The van der Waals surface area contributed by atoms with E-state index in [1.165, 1.54) is 29.6 Å². The largest absolute Gasteiger partial charge is 0.310 e. The van der Waals surface area contributed by atoms with E-state index < -0.39 is 0 Å². The van der Waals surface area contributed by atoms with Gasteiger partial charge in [0, 0.05) is 6.04 Å². The second kappa shape index (κ2) is 6.26. The molecule has 0 aliphatic rings. The fourth-order valence-electron chi connectivity index (χ4n) is 1.60. The van der Waals surface area contributed by atoms with Gasteiger partial charge in [0.15, 0.2) is 4.34 Å². The van der Waals surface area contributed by atoms with Crippen molar-refractivity contribution in [3.63, 3.8) is 0 Å². The van der Waals surface area contributed by atoms with E-state index >= 15 is 0 Å². The van der Waals surface area contributed by atoms with E-state index in [-0.39, 0.29) is 11.9 Å². The van der Waals surface area contributed by atoms with Crippen LogP contribution in [0.2, 0.25) is 0 Å². The second-order valence-electron chi connectivity index (χ2n) is 3.78. The van der Waals surface area contributed by atoms with Crippen LogP contribution in [0.5, 0.6) is 0 Å². The molecular formula is C12H14FN3S2. The van der Waals surface area contributed by atoms with Crippen molar-refractivity contribution in [3.05, 3.63) is 35.9 Å². The molecule has 1 N–H and O–H groups in total. The van der Waals surface area contributed by atoms with Crippen LogP contribution < -0.4 is 5.32 Å². The van der Waals surface area contributed by atoms with Crippen molar-refractivity contribution < 1.29 is 4.39 Å². The minimum Gasteiger partial charge on any atom is -0.310 e. The number of nitrogens with zero attached hydrogens (tertiary/aromatic N) is 2. The third-order valence-electron chi connectivity index (χ3n) is 2.50. The quantitative estimate of drug-likeness (QED) is 0.911. The summed E-state index contributed by atoms with van der Waals surface area (Å²) in [5.74, 6) is -0.211. The van der Waals surface area contributed by atoms with Crippen molar-refractivity contribution in [2.24, 2.45) is 0 Å². The standard InChI is InChI=1S/C12H14FN3S2/c1-3-14-8(2)9-4-5-11(10(13)6-9)17-12-15-7-16-18-12/h4-8,14H,3H2,1-2H3. The smallest absolute Gasteiger partial charge is 0.174 e. The van der Waals surface area contributed by atoms with Crippen molar-refractivity contribution in [2.75, 3.05) is 6.54 Å². The number of halogens is 1. The molecule has 1 heterocycles. The molecule has 0 amide bonds. The zero-order valence-electron chi connectivity index (χ0n) is 10.2. The first-order valence-electron chi connectivity index (χ1n) is 5.68. The van der Waals surface area contributed by atoms with Crippen LogP contribution in [0.25, 0.3) is 0 Å². The molecule has 0 saturated heterocycles. The molecule has 0 aliphatic carbocycles. The van der Waals surface area contributed by atoms with Crippen molar-refractivity contribution in [1.82, 2.24) is 14.7 Å². The molecule has 0 saturated carbocycles. The molecule has 0 radical (unpaired) electrons. The van der Waals surface area contributed by atoms with Gasteiger partial charge in [0.25, 0.3) is 0 Å². The summed E-state index contributed by atoms with van der Waals surface area (Å²) < 4.78 is 18.6. The average molecular weight is 283 g/mol. The van der Waals surface area contributed by atoms with Crippen LogP contribution in [0.4, 0.5) is 4.39 Å². The fourth-order valence-corrected chi connectivity index (χ4v) is 3.00. The predicted molar refractivity (Wildman–Crippen MR) is 72.5 cm³/mol. The van der Waals surface area contributed by atoms with Crippen molar-refractivity contribution in [1.29, 1.82) is 0 Å². The maximum atomic E-state index is 14.0. The van der Waals surface area contributed by atoms with Crippen molar-refractivity contribution in [3.8, 4) is 0 Å². The molecule has 1 unspecified atom stereocenters. The van der Waals surface area contributed by atoms with Gasteiger partial charge in [-0.1, -0.05) is 24.8 Å². The third kappa shape index (κ3) is 3.28. The Bertz CT molecular complexity index is 502. The van der Waals surface area contributed by atoms with E-state index in [2.05, 4.69) is 14.7 Å². The summed E-state index contributed by atoms with van der Waals surface area (Å²) in [5, 5.41) is 3.26. The maximum Gasteiger partial charge on any atom is 0.174 e. The first-order valence-corrected chi connectivity index (χ1v) is 7.27. The molecular weight excluding hydrogens is 269 g/mol. The Morgan fingerprint density at radius 2 is 2.33 bits per heavy atom. The molecule has 1 aromatic heterocycles. The highest BCUT2D eigenvalue weighted by Gasteiger charge is 2.10. The lowest BCUT2D eigenvalue weighted by Gasteiger charge is -2.13. The molecule has 6 heteroatoms. The van der Waals surface area contributed by atoms with Crippen molar-refractivity contribution in [2.45, 2.75) is 29.1 Å². The van der Waals surface area contributed by atoms with Gasteiger partial charge in [-0.3, -0.25) is 0 Å². The molecule has 3 nitrogen and oxygen atoms in total. The minimum atomic E-state index is -0.211. The first-order chi connectivity index (χ1) is 8.70. The Balaban J connectivity index is 2.14. The van der Waals surface area contributed by atoms with Gasteiger partial charge < -0.3 is 5.32 Å². The van der Waals surface area contributed by atoms with Crippen LogP contribution in [-0.2, 0) is 0 Å². The second-order valence-corrected chi connectivity index (χ2v) is 5.85. The third-order valence-corrected chi connectivity index (χ3v) is 4.27. The molecule has 2 aromatic rings. The summed E-state index contributed by atoms with van der Waals surface area (Å²) in [7, 11) is 0. The Morgan fingerprint density at radius 3 is 2.94 bits per heavy atom. The molecule has 18 heavy (non-hydrogen) atoms. The Morgan fingerprint density at radius 1 is 1.50 bits per heavy atom. The Labute approximate surface area is 114 Å². The van der Waals surface area contributed by atoms with E-state index in [1.807, 2.05) is 19.9 Å². The normalized spacial score (nSPS) is 12.6. The van der Waals surface area contributed by atoms with E-state index in [0.717, 1.165) is 16.4 Å². The zero-order chi connectivity index (χ0) is 13.0. The lowest BCUT2D eigenvalue weighted by Crippen LogP contribution is -2.17. The lowest BCUT2D eigenvalue weighted by atomic mass is 10.1. The van der Waals surface area contributed by atoms with Crippen LogP contribution in [0.3, 0.4) is 0 Å². The summed E-state index contributed by atoms with van der Waals surface area (Å²) in [6.07, 6.45) is 1.48. The number of rotatable bonds is 5. The molecule has 0 fully saturated rings. The predicted octanol–water partition coefficient (Wildman–Crippen LogP) is 3.50. The molecule has 0 aliphatic heterocycles. The SMILES string of the molecule is CCNC(C)c1ccc(Sc2ncns2)c(F)c1. The summed E-state index contributed by atoms with van der Waals surface area (Å²) in [4.78, 5) is 4.61. The number of aromatic nitrogens is 2. The average Bonchev–Trinajstić information content (AvgIpc) is 2.85. The number of benzene rings is 1. The molecule has 0 bridgehead atoms. The molecule has 2 rings (SSSR count). The van der Waals surface area contributed by atoms with Crippen LogP contribution in [0, 0.1) is 5.82 Å². The summed E-state index contributed by atoms with van der Waals surface area (Å²) in [6, 6.07) is 5.48. The summed E-state index contributed by atoms with van der Waals surface area (Å²) in [6.45, 7) is 4.92. The van der Waals surface area contributed by atoms with Crippen LogP contribution >= 0.6 is 23.3 Å². The highest BCUT2D eigenvalue weighted by atomic mass is 32.2. The topological polar surface area (TPSA) is 37.8 Å². The first kappa shape index (κ1) is 13.5. The van der Waals surface area contributed by atoms with Crippen LogP contribution in [-0.4, -0.2) is 15.9 Å². The highest BCUT2D eigenvalue weighted by Crippen LogP contribution is 2.31.